The first-order valence-electron chi connectivity index (χ1n) is 8.00. The Kier molecular flexibility index (Phi) is 5.08. The van der Waals surface area contributed by atoms with Crippen LogP contribution in [0.5, 0.6) is 0 Å². The van der Waals surface area contributed by atoms with Gasteiger partial charge in [0.25, 0.3) is 0 Å². The van der Waals surface area contributed by atoms with Crippen molar-refractivity contribution < 1.29 is 4.79 Å². The van der Waals surface area contributed by atoms with E-state index < -0.39 is 0 Å². The number of Topliss-reactive ketones (excluding diaryl/α,β-unsaturated/α-hetero) is 1. The van der Waals surface area contributed by atoms with E-state index in [4.69, 9.17) is 11.6 Å². The van der Waals surface area contributed by atoms with Crippen molar-refractivity contribution in [3.63, 3.8) is 0 Å². The summed E-state index contributed by atoms with van der Waals surface area (Å²) >= 11 is 5.84. The van der Waals surface area contributed by atoms with Crippen molar-refractivity contribution in [2.24, 2.45) is 5.92 Å². The Bertz CT molecular complexity index is 659. The zero-order valence-electron chi connectivity index (χ0n) is 13.3. The second-order valence-electron chi connectivity index (χ2n) is 6.30. The number of piperidine rings is 1. The Morgan fingerprint density at radius 2 is 1.96 bits per heavy atom. The summed E-state index contributed by atoms with van der Waals surface area (Å²) in [5.41, 5.74) is 1.56. The van der Waals surface area contributed by atoms with Crippen LogP contribution in [0.25, 0.3) is 0 Å². The minimum atomic E-state index is 0.00455. The number of aromatic nitrogens is 3. The second kappa shape index (κ2) is 7.23. The van der Waals surface area contributed by atoms with Gasteiger partial charge >= 0.3 is 0 Å². The van der Waals surface area contributed by atoms with Crippen LogP contribution >= 0.6 is 11.6 Å². The van der Waals surface area contributed by atoms with Crippen molar-refractivity contribution in [2.45, 2.75) is 32.9 Å². The summed E-state index contributed by atoms with van der Waals surface area (Å²) in [6.45, 7) is 5.53. The smallest absolute Gasteiger partial charge is 0.184 e. The van der Waals surface area contributed by atoms with Crippen LogP contribution in [0.1, 0.15) is 35.8 Å². The van der Waals surface area contributed by atoms with Gasteiger partial charge in [-0.3, -0.25) is 9.69 Å². The van der Waals surface area contributed by atoms with Gasteiger partial charge in [0, 0.05) is 17.1 Å². The van der Waals surface area contributed by atoms with Crippen molar-refractivity contribution >= 4 is 17.4 Å². The molecule has 0 unspecified atom stereocenters. The highest BCUT2D eigenvalue weighted by Gasteiger charge is 2.17. The number of halogens is 1. The number of nitrogens with zero attached hydrogens (tertiary/aromatic N) is 4. The van der Waals surface area contributed by atoms with Crippen LogP contribution in [0.4, 0.5) is 0 Å². The van der Waals surface area contributed by atoms with Crippen molar-refractivity contribution in [2.75, 3.05) is 13.1 Å². The predicted octanol–water partition coefficient (Wildman–Crippen LogP) is 3.05. The fraction of sp³-hybridized carbons (Fsp3) is 0.471. The Morgan fingerprint density at radius 3 is 2.65 bits per heavy atom. The molecule has 6 heteroatoms. The number of rotatable bonds is 5. The van der Waals surface area contributed by atoms with Gasteiger partial charge in [0.05, 0.1) is 11.9 Å². The van der Waals surface area contributed by atoms with Gasteiger partial charge in [0.2, 0.25) is 0 Å². The molecular formula is C17H21ClN4O. The first kappa shape index (κ1) is 16.1. The van der Waals surface area contributed by atoms with Crippen LogP contribution in [-0.4, -0.2) is 38.8 Å². The maximum Gasteiger partial charge on any atom is 0.184 e. The Hall–Kier alpha value is -1.72. The van der Waals surface area contributed by atoms with Crippen LogP contribution in [0.3, 0.4) is 0 Å². The molecule has 0 saturated carbocycles. The lowest BCUT2D eigenvalue weighted by molar-refractivity contribution is 0.0967. The van der Waals surface area contributed by atoms with E-state index in [1.54, 1.807) is 28.9 Å². The summed E-state index contributed by atoms with van der Waals surface area (Å²) in [6.07, 6.45) is 4.35. The average molecular weight is 333 g/mol. The zero-order valence-corrected chi connectivity index (χ0v) is 14.0. The van der Waals surface area contributed by atoms with E-state index in [1.807, 2.05) is 6.20 Å². The van der Waals surface area contributed by atoms with E-state index in [9.17, 15) is 4.79 Å². The van der Waals surface area contributed by atoms with Gasteiger partial charge < -0.3 is 0 Å². The molecule has 1 aliphatic rings. The summed E-state index contributed by atoms with van der Waals surface area (Å²) in [6, 6.07) is 6.91. The molecule has 1 fully saturated rings. The number of ketones is 1. The van der Waals surface area contributed by atoms with Crippen LogP contribution in [0.15, 0.2) is 30.5 Å². The van der Waals surface area contributed by atoms with Crippen molar-refractivity contribution in [3.8, 4) is 0 Å². The molecule has 0 spiro atoms. The molecule has 1 saturated heterocycles. The minimum absolute atomic E-state index is 0.00455. The molecule has 122 valence electrons. The van der Waals surface area contributed by atoms with Crippen LogP contribution in [0.2, 0.25) is 5.02 Å². The SMILES string of the molecule is CC1CCN(Cc2cn(CC(=O)c3ccc(Cl)cc3)nn2)CC1. The van der Waals surface area contributed by atoms with Crippen molar-refractivity contribution in [1.29, 1.82) is 0 Å². The van der Waals surface area contributed by atoms with Gasteiger partial charge in [0.15, 0.2) is 5.78 Å². The predicted molar refractivity (Wildman–Crippen MR) is 89.5 cm³/mol. The number of hydrogen-bond donors (Lipinski definition) is 0. The largest absolute Gasteiger partial charge is 0.297 e. The molecule has 0 radical (unpaired) electrons. The number of carbonyl (C=O) groups is 1. The minimum Gasteiger partial charge on any atom is -0.297 e. The molecule has 1 aromatic carbocycles. The van der Waals surface area contributed by atoms with E-state index in [2.05, 4.69) is 22.1 Å². The number of hydrogen-bond acceptors (Lipinski definition) is 4. The van der Waals surface area contributed by atoms with E-state index in [-0.39, 0.29) is 12.3 Å². The Labute approximate surface area is 141 Å². The summed E-state index contributed by atoms with van der Waals surface area (Å²) < 4.78 is 1.61. The third-order valence-corrected chi connectivity index (χ3v) is 4.57. The molecule has 1 aromatic heterocycles. The molecule has 1 aliphatic heterocycles. The lowest BCUT2D eigenvalue weighted by atomic mass is 9.99. The molecule has 0 amide bonds. The second-order valence-corrected chi connectivity index (χ2v) is 6.73. The number of likely N-dealkylation sites (tertiary alicyclic amines) is 1. The molecular weight excluding hydrogens is 312 g/mol. The Morgan fingerprint density at radius 1 is 1.26 bits per heavy atom. The lowest BCUT2D eigenvalue weighted by Gasteiger charge is -2.29. The third-order valence-electron chi connectivity index (χ3n) is 4.32. The monoisotopic (exact) mass is 332 g/mol. The zero-order chi connectivity index (χ0) is 16.2. The first-order chi connectivity index (χ1) is 11.1. The molecule has 5 nitrogen and oxygen atoms in total. The number of benzene rings is 1. The number of carbonyl (C=O) groups excluding carboxylic acids is 1. The van der Waals surface area contributed by atoms with Gasteiger partial charge in [-0.1, -0.05) is 23.7 Å². The average Bonchev–Trinajstić information content (AvgIpc) is 2.97. The first-order valence-corrected chi connectivity index (χ1v) is 8.38. The maximum atomic E-state index is 12.2. The van der Waals surface area contributed by atoms with Crippen molar-refractivity contribution in [1.82, 2.24) is 19.9 Å². The lowest BCUT2D eigenvalue weighted by Crippen LogP contribution is -2.32. The Balaban J connectivity index is 1.56. The fourth-order valence-corrected chi connectivity index (χ4v) is 2.94. The van der Waals surface area contributed by atoms with Crippen LogP contribution in [0, 0.1) is 5.92 Å². The summed E-state index contributed by atoms with van der Waals surface area (Å²) in [5.74, 6) is 0.823. The van der Waals surface area contributed by atoms with Gasteiger partial charge in [-0.05, 0) is 56.1 Å². The molecule has 0 bridgehead atoms. The van der Waals surface area contributed by atoms with E-state index in [0.29, 0.717) is 10.6 Å². The molecule has 2 aromatic rings. The summed E-state index contributed by atoms with van der Waals surface area (Å²) in [5, 5.41) is 8.89. The van der Waals surface area contributed by atoms with Gasteiger partial charge in [-0.2, -0.15) is 0 Å². The van der Waals surface area contributed by atoms with Crippen LogP contribution in [-0.2, 0) is 13.1 Å². The topological polar surface area (TPSA) is 51.0 Å². The quantitative estimate of drug-likeness (QED) is 0.790. The summed E-state index contributed by atoms with van der Waals surface area (Å²) in [4.78, 5) is 14.6. The highest BCUT2D eigenvalue weighted by Crippen LogP contribution is 2.17. The van der Waals surface area contributed by atoms with E-state index in [0.717, 1.165) is 31.2 Å². The van der Waals surface area contributed by atoms with Gasteiger partial charge in [0.1, 0.15) is 6.54 Å². The summed E-state index contributed by atoms with van der Waals surface area (Å²) in [7, 11) is 0. The highest BCUT2D eigenvalue weighted by atomic mass is 35.5. The van der Waals surface area contributed by atoms with Gasteiger partial charge in [-0.15, -0.1) is 5.10 Å². The molecule has 3 rings (SSSR count). The molecule has 0 aliphatic carbocycles. The van der Waals surface area contributed by atoms with E-state index in [1.165, 1.54) is 12.8 Å². The third kappa shape index (κ3) is 4.39. The maximum absolute atomic E-state index is 12.2. The molecule has 0 N–H and O–H groups in total. The van der Waals surface area contributed by atoms with Crippen molar-refractivity contribution in [3.05, 3.63) is 46.7 Å². The fourth-order valence-electron chi connectivity index (χ4n) is 2.81. The van der Waals surface area contributed by atoms with Gasteiger partial charge in [-0.25, -0.2) is 4.68 Å². The molecule has 2 heterocycles. The highest BCUT2D eigenvalue weighted by molar-refractivity contribution is 6.30. The van der Waals surface area contributed by atoms with E-state index >= 15 is 0 Å². The van der Waals surface area contributed by atoms with Crippen LogP contribution < -0.4 is 0 Å². The standard InChI is InChI=1S/C17H21ClN4O/c1-13-6-8-21(9-7-13)10-16-11-22(20-19-16)12-17(23)14-2-4-15(18)5-3-14/h2-5,11,13H,6-10,12H2,1H3. The molecule has 23 heavy (non-hydrogen) atoms. The normalized spacial score (nSPS) is 16.6. The molecule has 0 atom stereocenters.